The van der Waals surface area contributed by atoms with Gasteiger partial charge >= 0.3 is 12.1 Å². The second-order valence-corrected chi connectivity index (χ2v) is 7.73. The predicted molar refractivity (Wildman–Crippen MR) is 100 cm³/mol. The van der Waals surface area contributed by atoms with E-state index in [-0.39, 0.29) is 5.41 Å². The fourth-order valence-electron chi connectivity index (χ4n) is 2.49. The van der Waals surface area contributed by atoms with Crippen molar-refractivity contribution >= 4 is 29.7 Å². The molecule has 0 spiro atoms. The van der Waals surface area contributed by atoms with E-state index in [1.54, 1.807) is 25.3 Å². The van der Waals surface area contributed by atoms with Crippen molar-refractivity contribution in [1.29, 1.82) is 0 Å². The van der Waals surface area contributed by atoms with E-state index in [0.29, 0.717) is 23.7 Å². The summed E-state index contributed by atoms with van der Waals surface area (Å²) < 4.78 is 10.1. The number of hydrogen-bond acceptors (Lipinski definition) is 5. The number of esters is 1. The molecule has 0 unspecified atom stereocenters. The number of alkyl carbamates (subject to hydrolysis) is 1. The molecule has 26 heavy (non-hydrogen) atoms. The summed E-state index contributed by atoms with van der Waals surface area (Å²) in [4.78, 5) is 27.7. The number of nitrogens with one attached hydrogen (secondary N) is 1. The van der Waals surface area contributed by atoms with E-state index >= 15 is 0 Å². The van der Waals surface area contributed by atoms with Crippen LogP contribution in [0.25, 0.3) is 6.08 Å². The Morgan fingerprint density at radius 1 is 1.38 bits per heavy atom. The minimum atomic E-state index is -0.538. The molecule has 1 aromatic rings. The van der Waals surface area contributed by atoms with Crippen LogP contribution < -0.4 is 5.32 Å². The van der Waals surface area contributed by atoms with Gasteiger partial charge in [0.25, 0.3) is 0 Å². The van der Waals surface area contributed by atoms with Crippen LogP contribution in [-0.4, -0.2) is 35.8 Å². The minimum Gasteiger partial charge on any atom is -0.463 e. The zero-order valence-electron chi connectivity index (χ0n) is 15.6. The average molecular weight is 381 g/mol. The summed E-state index contributed by atoms with van der Waals surface area (Å²) in [6.07, 6.45) is 5.95. The van der Waals surface area contributed by atoms with E-state index in [9.17, 15) is 9.59 Å². The van der Waals surface area contributed by atoms with Crippen LogP contribution in [0, 0.1) is 0 Å². The number of hydrogen-bond donors (Lipinski definition) is 1. The summed E-state index contributed by atoms with van der Waals surface area (Å²) in [6.45, 7) is 7.96. The molecular weight excluding hydrogens is 356 g/mol. The first-order valence-corrected chi connectivity index (χ1v) is 9.01. The highest BCUT2D eigenvalue weighted by Crippen LogP contribution is 2.49. The van der Waals surface area contributed by atoms with Gasteiger partial charge in [0.15, 0.2) is 0 Å². The number of carbonyl (C=O) groups excluding carboxylic acids is 2. The number of carbonyl (C=O) groups is 2. The molecule has 1 aliphatic carbocycles. The summed E-state index contributed by atoms with van der Waals surface area (Å²) in [5, 5.41) is 3.31. The molecule has 1 amide bonds. The molecule has 1 aliphatic rings. The van der Waals surface area contributed by atoms with Crippen LogP contribution in [0.2, 0.25) is 5.02 Å². The molecule has 0 bridgehead atoms. The fourth-order valence-corrected chi connectivity index (χ4v) is 2.87. The number of rotatable bonds is 6. The molecule has 0 saturated heterocycles. The van der Waals surface area contributed by atoms with Gasteiger partial charge in [-0.05, 0) is 58.2 Å². The van der Waals surface area contributed by atoms with Gasteiger partial charge in [-0.1, -0.05) is 11.6 Å². The maximum absolute atomic E-state index is 11.9. The molecule has 142 valence electrons. The van der Waals surface area contributed by atoms with E-state index in [1.807, 2.05) is 20.8 Å². The van der Waals surface area contributed by atoms with Gasteiger partial charge < -0.3 is 14.8 Å². The van der Waals surface area contributed by atoms with E-state index in [2.05, 4.69) is 10.3 Å². The number of halogens is 1. The van der Waals surface area contributed by atoms with Crippen molar-refractivity contribution < 1.29 is 19.1 Å². The zero-order valence-corrected chi connectivity index (χ0v) is 16.4. The third-order valence-corrected chi connectivity index (χ3v) is 4.17. The van der Waals surface area contributed by atoms with Gasteiger partial charge in [-0.3, -0.25) is 4.98 Å². The fraction of sp³-hybridized carbons (Fsp3) is 0.526. The monoisotopic (exact) mass is 380 g/mol. The molecule has 1 saturated carbocycles. The van der Waals surface area contributed by atoms with E-state index in [1.165, 1.54) is 6.08 Å². The van der Waals surface area contributed by atoms with E-state index < -0.39 is 17.7 Å². The van der Waals surface area contributed by atoms with Gasteiger partial charge in [0, 0.05) is 24.2 Å². The van der Waals surface area contributed by atoms with Crippen molar-refractivity contribution in [2.24, 2.45) is 0 Å². The summed E-state index contributed by atoms with van der Waals surface area (Å²) in [7, 11) is 0. The highest BCUT2D eigenvalue weighted by atomic mass is 35.5. The van der Waals surface area contributed by atoms with Gasteiger partial charge in [-0.15, -0.1) is 0 Å². The molecule has 7 heteroatoms. The lowest BCUT2D eigenvalue weighted by Gasteiger charge is -2.22. The Balaban J connectivity index is 2.02. The van der Waals surface area contributed by atoms with Crippen molar-refractivity contribution in [2.45, 2.75) is 51.6 Å². The SMILES string of the molecule is CCOC(=O)/C=C/c1cnc(C2(CNC(=O)OC(C)(C)C)CC2)c(Cl)c1. The predicted octanol–water partition coefficient (Wildman–Crippen LogP) is 3.87. The summed E-state index contributed by atoms with van der Waals surface area (Å²) in [6, 6.07) is 1.76. The molecule has 0 radical (unpaired) electrons. The van der Waals surface area contributed by atoms with Crippen LogP contribution in [0.1, 0.15) is 51.8 Å². The Bertz CT molecular complexity index is 706. The van der Waals surface area contributed by atoms with Crippen molar-refractivity contribution in [2.75, 3.05) is 13.2 Å². The minimum absolute atomic E-state index is 0.253. The standard InChI is InChI=1S/C19H25ClN2O4/c1-5-25-15(23)7-6-13-10-14(20)16(21-11-13)19(8-9-19)12-22-17(24)26-18(2,3)4/h6-7,10-11H,5,8-9,12H2,1-4H3,(H,22,24)/b7-6+. The van der Waals surface area contributed by atoms with Crippen molar-refractivity contribution in [1.82, 2.24) is 10.3 Å². The van der Waals surface area contributed by atoms with E-state index in [0.717, 1.165) is 18.5 Å². The van der Waals surface area contributed by atoms with Gasteiger partial charge in [-0.25, -0.2) is 9.59 Å². The van der Waals surface area contributed by atoms with Crippen molar-refractivity contribution in [3.05, 3.63) is 34.6 Å². The Kier molecular flexibility index (Phi) is 6.29. The van der Waals surface area contributed by atoms with Crippen molar-refractivity contribution in [3.63, 3.8) is 0 Å². The number of nitrogens with zero attached hydrogens (tertiary/aromatic N) is 1. The lowest BCUT2D eigenvalue weighted by atomic mass is 10.0. The Morgan fingerprint density at radius 3 is 2.62 bits per heavy atom. The molecule has 2 rings (SSSR count). The topological polar surface area (TPSA) is 77.5 Å². The normalized spacial score (nSPS) is 15.6. The van der Waals surface area contributed by atoms with Crippen LogP contribution in [-0.2, 0) is 19.7 Å². The first kappa shape index (κ1) is 20.2. The quantitative estimate of drug-likeness (QED) is 0.598. The van der Waals surface area contributed by atoms with Crippen molar-refractivity contribution in [3.8, 4) is 0 Å². The summed E-state index contributed by atoms with van der Waals surface area (Å²) >= 11 is 6.40. The van der Waals surface area contributed by atoms with Crippen LogP contribution in [0.5, 0.6) is 0 Å². The number of ether oxygens (including phenoxy) is 2. The number of pyridine rings is 1. The first-order valence-electron chi connectivity index (χ1n) is 8.63. The molecule has 0 aliphatic heterocycles. The third-order valence-electron chi connectivity index (χ3n) is 3.89. The molecular formula is C19H25ClN2O4. The van der Waals surface area contributed by atoms with Crippen LogP contribution in [0.4, 0.5) is 4.79 Å². The van der Waals surface area contributed by atoms with Crippen LogP contribution >= 0.6 is 11.6 Å². The lowest BCUT2D eigenvalue weighted by molar-refractivity contribution is -0.137. The van der Waals surface area contributed by atoms with Gasteiger partial charge in [0.2, 0.25) is 0 Å². The molecule has 1 N–H and O–H groups in total. The van der Waals surface area contributed by atoms with Crippen LogP contribution in [0.3, 0.4) is 0 Å². The van der Waals surface area contributed by atoms with Gasteiger partial charge in [0.05, 0.1) is 17.3 Å². The number of aromatic nitrogens is 1. The second kappa shape index (κ2) is 8.08. The molecule has 0 atom stereocenters. The molecule has 0 aromatic carbocycles. The molecule has 1 aromatic heterocycles. The van der Waals surface area contributed by atoms with Crippen LogP contribution in [0.15, 0.2) is 18.3 Å². The average Bonchev–Trinajstić information content (AvgIpc) is 3.31. The molecule has 6 nitrogen and oxygen atoms in total. The summed E-state index contributed by atoms with van der Waals surface area (Å²) in [5.41, 5.74) is 0.673. The second-order valence-electron chi connectivity index (χ2n) is 7.32. The highest BCUT2D eigenvalue weighted by Gasteiger charge is 2.47. The third kappa shape index (κ3) is 5.73. The molecule has 1 fully saturated rings. The smallest absolute Gasteiger partial charge is 0.407 e. The Hall–Kier alpha value is -2.08. The van der Waals surface area contributed by atoms with E-state index in [4.69, 9.17) is 21.1 Å². The van der Waals surface area contributed by atoms with Gasteiger partial charge in [-0.2, -0.15) is 0 Å². The largest absolute Gasteiger partial charge is 0.463 e. The lowest BCUT2D eigenvalue weighted by Crippen LogP contribution is -2.37. The first-order chi connectivity index (χ1) is 12.1. The highest BCUT2D eigenvalue weighted by molar-refractivity contribution is 6.31. The maximum Gasteiger partial charge on any atom is 0.407 e. The zero-order chi connectivity index (χ0) is 19.4. The Morgan fingerprint density at radius 2 is 2.08 bits per heavy atom. The summed E-state index contributed by atoms with van der Waals surface area (Å²) in [5.74, 6) is -0.409. The number of amides is 1. The Labute approximate surface area is 158 Å². The van der Waals surface area contributed by atoms with Gasteiger partial charge in [0.1, 0.15) is 5.60 Å². The maximum atomic E-state index is 11.9. The molecule has 1 heterocycles.